The third-order valence-electron chi connectivity index (χ3n) is 4.95. The van der Waals surface area contributed by atoms with Crippen LogP contribution in [0.1, 0.15) is 30.5 Å². The maximum Gasteiger partial charge on any atom is 0.325 e. The number of halogens is 1. The number of aromatic nitrogens is 1. The van der Waals surface area contributed by atoms with Crippen molar-refractivity contribution in [1.82, 2.24) is 10.3 Å². The van der Waals surface area contributed by atoms with Gasteiger partial charge in [-0.25, -0.2) is 14.2 Å². The van der Waals surface area contributed by atoms with E-state index in [1.54, 1.807) is 43.5 Å². The van der Waals surface area contributed by atoms with Crippen LogP contribution in [-0.4, -0.2) is 37.2 Å². The van der Waals surface area contributed by atoms with E-state index in [0.717, 1.165) is 36.9 Å². The van der Waals surface area contributed by atoms with Crippen molar-refractivity contribution in [1.29, 1.82) is 0 Å². The third kappa shape index (κ3) is 9.71. The fourth-order valence-electron chi connectivity index (χ4n) is 3.17. The highest BCUT2D eigenvalue weighted by Gasteiger charge is 2.08. The Morgan fingerprint density at radius 1 is 1.06 bits per heavy atom. The van der Waals surface area contributed by atoms with Gasteiger partial charge in [-0.05, 0) is 49.1 Å². The van der Waals surface area contributed by atoms with Crippen molar-refractivity contribution in [3.63, 3.8) is 0 Å². The van der Waals surface area contributed by atoms with Crippen LogP contribution in [0.5, 0.6) is 5.75 Å². The minimum absolute atomic E-state index is 0.0304. The van der Waals surface area contributed by atoms with Crippen LogP contribution in [0.2, 0.25) is 0 Å². The number of hydrogen-bond donors (Lipinski definition) is 3. The van der Waals surface area contributed by atoms with E-state index in [-0.39, 0.29) is 31.0 Å². The molecule has 0 aliphatic heterocycles. The molecular weight excluding hydrogens is 471 g/mol. The lowest BCUT2D eigenvalue weighted by atomic mass is 10.1. The van der Waals surface area contributed by atoms with Crippen LogP contribution in [0, 0.1) is 5.82 Å². The van der Waals surface area contributed by atoms with Crippen LogP contribution in [-0.2, 0) is 22.6 Å². The summed E-state index contributed by atoms with van der Waals surface area (Å²) in [6.07, 6.45) is 3.51. The van der Waals surface area contributed by atoms with Crippen LogP contribution < -0.4 is 20.7 Å². The molecule has 1 heterocycles. The summed E-state index contributed by atoms with van der Waals surface area (Å²) in [6.45, 7) is 0.811. The molecule has 0 radical (unpaired) electrons. The predicted octanol–water partition coefficient (Wildman–Crippen LogP) is 4.98. The Hall–Kier alpha value is -3.50. The molecule has 0 atom stereocenters. The molecule has 3 rings (SSSR count). The van der Waals surface area contributed by atoms with Gasteiger partial charge in [-0.2, -0.15) is 0 Å². The Bertz CT molecular complexity index is 1090. The molecule has 0 spiro atoms. The number of aryl methyl sites for hydroxylation is 1. The number of ether oxygens (including phenoxy) is 2. The van der Waals surface area contributed by atoms with E-state index in [2.05, 4.69) is 20.9 Å². The van der Waals surface area contributed by atoms with Gasteiger partial charge in [0.05, 0.1) is 19.4 Å². The summed E-state index contributed by atoms with van der Waals surface area (Å²) in [5, 5.41) is 10.8. The van der Waals surface area contributed by atoms with E-state index in [9.17, 15) is 14.0 Å². The molecule has 35 heavy (non-hydrogen) atoms. The number of benzene rings is 2. The van der Waals surface area contributed by atoms with Gasteiger partial charge in [-0.1, -0.05) is 24.6 Å². The fourth-order valence-corrected chi connectivity index (χ4v) is 3.91. The number of urea groups is 1. The summed E-state index contributed by atoms with van der Waals surface area (Å²) in [5.41, 5.74) is 2.37. The molecule has 0 unspecified atom stereocenters. The van der Waals surface area contributed by atoms with Gasteiger partial charge in [-0.3, -0.25) is 10.1 Å². The molecule has 0 fully saturated rings. The number of carbonyl (C=O) groups is 2. The maximum atomic E-state index is 12.9. The first kappa shape index (κ1) is 26.1. The molecular formula is C25H29FN4O4S. The lowest BCUT2D eigenvalue weighted by molar-refractivity contribution is -0.126. The molecule has 0 saturated carbocycles. The zero-order valence-corrected chi connectivity index (χ0v) is 20.3. The predicted molar refractivity (Wildman–Crippen MR) is 134 cm³/mol. The lowest BCUT2D eigenvalue weighted by Gasteiger charge is -2.07. The van der Waals surface area contributed by atoms with Crippen LogP contribution in [0.4, 0.5) is 20.0 Å². The van der Waals surface area contributed by atoms with E-state index in [0.29, 0.717) is 23.1 Å². The number of anilines is 2. The number of nitrogens with zero attached hydrogens (tertiary/aromatic N) is 1. The van der Waals surface area contributed by atoms with Crippen molar-refractivity contribution in [3.8, 4) is 5.75 Å². The highest BCUT2D eigenvalue weighted by Crippen LogP contribution is 2.19. The normalized spacial score (nSPS) is 10.6. The molecule has 10 heteroatoms. The van der Waals surface area contributed by atoms with Gasteiger partial charge in [0, 0.05) is 23.7 Å². The summed E-state index contributed by atoms with van der Waals surface area (Å²) in [6, 6.07) is 12.7. The van der Waals surface area contributed by atoms with Gasteiger partial charge in [0.2, 0.25) is 5.91 Å². The van der Waals surface area contributed by atoms with Crippen LogP contribution in [0.25, 0.3) is 0 Å². The van der Waals surface area contributed by atoms with Crippen LogP contribution in [0.3, 0.4) is 0 Å². The Morgan fingerprint density at radius 3 is 2.69 bits per heavy atom. The second kappa shape index (κ2) is 14.0. The summed E-state index contributed by atoms with van der Waals surface area (Å²) in [7, 11) is 1.57. The van der Waals surface area contributed by atoms with E-state index in [1.807, 2.05) is 5.38 Å². The Morgan fingerprint density at radius 2 is 1.89 bits per heavy atom. The van der Waals surface area contributed by atoms with Crippen molar-refractivity contribution in [2.45, 2.75) is 32.3 Å². The minimum Gasteiger partial charge on any atom is -0.497 e. The number of methoxy groups -OCH3 is 1. The molecule has 186 valence electrons. The van der Waals surface area contributed by atoms with Crippen molar-refractivity contribution < 1.29 is 23.5 Å². The Labute approximate surface area is 207 Å². The molecule has 3 N–H and O–H groups in total. The Kier molecular flexibility index (Phi) is 10.5. The topological polar surface area (TPSA) is 102 Å². The highest BCUT2D eigenvalue weighted by molar-refractivity contribution is 7.13. The monoisotopic (exact) mass is 500 g/mol. The van der Waals surface area contributed by atoms with Crippen molar-refractivity contribution >= 4 is 34.1 Å². The molecule has 0 aliphatic rings. The molecule has 8 nitrogen and oxygen atoms in total. The molecule has 2 aromatic carbocycles. The smallest absolute Gasteiger partial charge is 0.325 e. The number of thiazole rings is 1. The van der Waals surface area contributed by atoms with E-state index in [4.69, 9.17) is 9.47 Å². The first-order chi connectivity index (χ1) is 17.0. The van der Waals surface area contributed by atoms with E-state index in [1.165, 1.54) is 23.5 Å². The minimum atomic E-state index is -0.364. The van der Waals surface area contributed by atoms with Gasteiger partial charge in [-0.15, -0.1) is 11.3 Å². The highest BCUT2D eigenvalue weighted by atomic mass is 32.1. The lowest BCUT2D eigenvalue weighted by Crippen LogP contribution is -2.28. The maximum absolute atomic E-state index is 12.9. The van der Waals surface area contributed by atoms with Gasteiger partial charge >= 0.3 is 6.03 Å². The summed E-state index contributed by atoms with van der Waals surface area (Å²) < 4.78 is 23.4. The van der Waals surface area contributed by atoms with Crippen molar-refractivity contribution in [3.05, 3.63) is 71.0 Å². The molecule has 3 aromatic rings. The van der Waals surface area contributed by atoms with Gasteiger partial charge in [0.25, 0.3) is 0 Å². The number of nitrogens with one attached hydrogen (secondary N) is 3. The standard InChI is InChI=1S/C25H29FN4O4S/c1-33-22-8-5-7-20(14-22)28-24(32)30-25-29-21(17-35-25)6-3-2-4-13-27-23(31)16-34-15-18-9-11-19(26)12-10-18/h5,7-12,14,17H,2-4,6,13,15-16H2,1H3,(H,27,31)(H2,28,29,30,32). The zero-order valence-electron chi connectivity index (χ0n) is 19.5. The zero-order chi connectivity index (χ0) is 24.9. The largest absolute Gasteiger partial charge is 0.497 e. The Balaban J connectivity index is 1.24. The molecule has 1 aromatic heterocycles. The fraction of sp³-hybridized carbons (Fsp3) is 0.320. The number of hydrogen-bond acceptors (Lipinski definition) is 6. The molecule has 3 amide bonds. The van der Waals surface area contributed by atoms with E-state index < -0.39 is 0 Å². The van der Waals surface area contributed by atoms with E-state index >= 15 is 0 Å². The number of unbranched alkanes of at least 4 members (excludes halogenated alkanes) is 2. The van der Waals surface area contributed by atoms with Gasteiger partial charge in [0.15, 0.2) is 5.13 Å². The molecule has 0 bridgehead atoms. The SMILES string of the molecule is COc1cccc(NC(=O)Nc2nc(CCCCCNC(=O)COCc3ccc(F)cc3)cs2)c1. The number of amides is 3. The third-order valence-corrected chi connectivity index (χ3v) is 5.75. The first-order valence-electron chi connectivity index (χ1n) is 11.3. The summed E-state index contributed by atoms with van der Waals surface area (Å²) >= 11 is 1.38. The van der Waals surface area contributed by atoms with Crippen molar-refractivity contribution in [2.24, 2.45) is 0 Å². The van der Waals surface area contributed by atoms with Gasteiger partial charge < -0.3 is 20.1 Å². The van der Waals surface area contributed by atoms with Crippen LogP contribution >= 0.6 is 11.3 Å². The average Bonchev–Trinajstić information content (AvgIpc) is 3.29. The first-order valence-corrected chi connectivity index (χ1v) is 12.1. The molecule has 0 saturated heterocycles. The van der Waals surface area contributed by atoms with Gasteiger partial charge in [0.1, 0.15) is 18.2 Å². The summed E-state index contributed by atoms with van der Waals surface area (Å²) in [5.74, 6) is 0.190. The van der Waals surface area contributed by atoms with Crippen LogP contribution in [0.15, 0.2) is 53.9 Å². The van der Waals surface area contributed by atoms with Crippen molar-refractivity contribution in [2.75, 3.05) is 30.9 Å². The molecule has 0 aliphatic carbocycles. The number of rotatable bonds is 13. The number of carbonyl (C=O) groups excluding carboxylic acids is 2. The summed E-state index contributed by atoms with van der Waals surface area (Å²) in [4.78, 5) is 28.5. The second-order valence-corrected chi connectivity index (χ2v) is 8.59. The quantitative estimate of drug-likeness (QED) is 0.287. The second-order valence-electron chi connectivity index (χ2n) is 7.73. The average molecular weight is 501 g/mol.